The maximum Gasteiger partial charge on any atom is 0.522 e. The van der Waals surface area contributed by atoms with Crippen molar-refractivity contribution in [3.63, 3.8) is 0 Å². The highest BCUT2D eigenvalue weighted by atomic mass is 35.5. The first-order valence-electron chi connectivity index (χ1n) is 5.72. The molecule has 1 aromatic carbocycles. The molecule has 8 heteroatoms. The lowest BCUT2D eigenvalue weighted by atomic mass is 10.2. The van der Waals surface area contributed by atoms with Crippen molar-refractivity contribution < 1.29 is 27.4 Å². The molecule has 0 saturated heterocycles. The molecule has 114 valence electrons. The van der Waals surface area contributed by atoms with E-state index in [-0.39, 0.29) is 17.4 Å². The largest absolute Gasteiger partial charge is 0.522 e. The summed E-state index contributed by atoms with van der Waals surface area (Å²) in [5, 5.41) is 3.22. The van der Waals surface area contributed by atoms with Crippen LogP contribution in [0.3, 0.4) is 0 Å². The number of halogens is 4. The lowest BCUT2D eigenvalue weighted by Crippen LogP contribution is -2.18. The van der Waals surface area contributed by atoms with E-state index in [9.17, 15) is 13.2 Å². The second-order valence-corrected chi connectivity index (χ2v) is 4.19. The Hall–Kier alpha value is -1.18. The van der Waals surface area contributed by atoms with Gasteiger partial charge < -0.3 is 14.8 Å². The van der Waals surface area contributed by atoms with Gasteiger partial charge in [-0.2, -0.15) is 0 Å². The molecule has 0 spiro atoms. The minimum absolute atomic E-state index is 0.194. The average Bonchev–Trinajstić information content (AvgIpc) is 2.35. The molecule has 20 heavy (non-hydrogen) atoms. The maximum absolute atomic E-state index is 11.8. The Balaban J connectivity index is 2.69. The zero-order chi connectivity index (χ0) is 15.2. The van der Waals surface area contributed by atoms with Crippen LogP contribution in [-0.4, -0.2) is 33.7 Å². The molecule has 1 N–H and O–H groups in total. The standard InChI is InChI=1S/C12H15ClF3NO3/c1-17-7-8-5-9(13)11(10(6-8)18-2)19-3-4-20-12(14,15)16/h5-6,17H,3-4,7H2,1-2H3. The van der Waals surface area contributed by atoms with Crippen LogP contribution in [-0.2, 0) is 11.3 Å². The van der Waals surface area contributed by atoms with Gasteiger partial charge in [0, 0.05) is 6.54 Å². The molecule has 0 amide bonds. The van der Waals surface area contributed by atoms with E-state index in [1.165, 1.54) is 7.11 Å². The molecule has 0 aliphatic heterocycles. The minimum Gasteiger partial charge on any atom is -0.493 e. The summed E-state index contributed by atoms with van der Waals surface area (Å²) in [6.45, 7) is -0.338. The molecular weight excluding hydrogens is 299 g/mol. The van der Waals surface area contributed by atoms with Crippen LogP contribution in [0.1, 0.15) is 5.56 Å². The van der Waals surface area contributed by atoms with Crippen LogP contribution >= 0.6 is 11.6 Å². The molecule has 0 unspecified atom stereocenters. The summed E-state index contributed by atoms with van der Waals surface area (Å²) in [6.07, 6.45) is -4.67. The number of benzene rings is 1. The van der Waals surface area contributed by atoms with Gasteiger partial charge in [-0.1, -0.05) is 11.6 Å². The summed E-state index contributed by atoms with van der Waals surface area (Å²) in [6, 6.07) is 3.35. The van der Waals surface area contributed by atoms with Crippen LogP contribution in [0.15, 0.2) is 12.1 Å². The number of nitrogens with one attached hydrogen (secondary N) is 1. The first-order valence-corrected chi connectivity index (χ1v) is 6.09. The number of hydrogen-bond donors (Lipinski definition) is 1. The Labute approximate surface area is 119 Å². The van der Waals surface area contributed by atoms with Gasteiger partial charge in [-0.3, -0.25) is 4.74 Å². The van der Waals surface area contributed by atoms with Crippen molar-refractivity contribution in [2.45, 2.75) is 12.9 Å². The third kappa shape index (κ3) is 5.44. The number of hydrogen-bond acceptors (Lipinski definition) is 4. The summed E-state index contributed by atoms with van der Waals surface area (Å²) in [5.41, 5.74) is 0.869. The van der Waals surface area contributed by atoms with Crippen LogP contribution in [0.4, 0.5) is 13.2 Å². The van der Waals surface area contributed by atoms with Gasteiger partial charge in [0.2, 0.25) is 0 Å². The van der Waals surface area contributed by atoms with Crippen molar-refractivity contribution in [1.82, 2.24) is 5.32 Å². The zero-order valence-electron chi connectivity index (χ0n) is 11.0. The van der Waals surface area contributed by atoms with Gasteiger partial charge in [0.15, 0.2) is 11.5 Å². The fourth-order valence-electron chi connectivity index (χ4n) is 1.52. The van der Waals surface area contributed by atoms with E-state index in [2.05, 4.69) is 10.1 Å². The SMILES string of the molecule is CNCc1cc(Cl)c(OCCOC(F)(F)F)c(OC)c1. The Morgan fingerprint density at radius 2 is 1.95 bits per heavy atom. The van der Waals surface area contributed by atoms with Crippen molar-refractivity contribution in [3.8, 4) is 11.5 Å². The molecule has 0 bridgehead atoms. The number of methoxy groups -OCH3 is 1. The van der Waals surface area contributed by atoms with E-state index < -0.39 is 13.0 Å². The Bertz CT molecular complexity index is 441. The van der Waals surface area contributed by atoms with Gasteiger partial charge >= 0.3 is 6.36 Å². The number of ether oxygens (including phenoxy) is 3. The van der Waals surface area contributed by atoms with E-state index in [4.69, 9.17) is 21.1 Å². The molecule has 0 aliphatic rings. The predicted molar refractivity (Wildman–Crippen MR) is 68.3 cm³/mol. The van der Waals surface area contributed by atoms with Gasteiger partial charge in [0.1, 0.15) is 6.61 Å². The summed E-state index contributed by atoms with van der Waals surface area (Å²) in [5.74, 6) is 0.551. The Morgan fingerprint density at radius 3 is 2.50 bits per heavy atom. The highest BCUT2D eigenvalue weighted by Crippen LogP contribution is 2.36. The summed E-state index contributed by atoms with van der Waals surface area (Å²) in [4.78, 5) is 0. The van der Waals surface area contributed by atoms with Gasteiger partial charge in [-0.25, -0.2) is 0 Å². The second-order valence-electron chi connectivity index (χ2n) is 3.78. The van der Waals surface area contributed by atoms with Crippen LogP contribution < -0.4 is 14.8 Å². The van der Waals surface area contributed by atoms with Crippen LogP contribution in [0.25, 0.3) is 0 Å². The molecule has 0 aromatic heterocycles. The van der Waals surface area contributed by atoms with Crippen molar-refractivity contribution in [3.05, 3.63) is 22.7 Å². The van der Waals surface area contributed by atoms with Crippen LogP contribution in [0.2, 0.25) is 5.02 Å². The van der Waals surface area contributed by atoms with Gasteiger partial charge in [0.05, 0.1) is 18.7 Å². The van der Waals surface area contributed by atoms with Crippen molar-refractivity contribution in [2.24, 2.45) is 0 Å². The van der Waals surface area contributed by atoms with Crippen LogP contribution in [0, 0.1) is 0 Å². The number of alkyl halides is 3. The van der Waals surface area contributed by atoms with E-state index >= 15 is 0 Å². The molecule has 0 radical (unpaired) electrons. The predicted octanol–water partition coefficient (Wildman–Crippen LogP) is 2.98. The molecule has 4 nitrogen and oxygen atoms in total. The second kappa shape index (κ2) is 7.56. The van der Waals surface area contributed by atoms with E-state index in [0.717, 1.165) is 5.56 Å². The Kier molecular flexibility index (Phi) is 6.38. The lowest BCUT2D eigenvalue weighted by molar-refractivity contribution is -0.325. The van der Waals surface area contributed by atoms with Gasteiger partial charge in [0.25, 0.3) is 0 Å². The minimum atomic E-state index is -4.67. The maximum atomic E-state index is 11.8. The molecule has 1 aromatic rings. The summed E-state index contributed by atoms with van der Waals surface area (Å²) in [7, 11) is 3.20. The van der Waals surface area contributed by atoms with Crippen LogP contribution in [0.5, 0.6) is 11.5 Å². The molecule has 0 saturated carbocycles. The average molecular weight is 314 g/mol. The highest BCUT2D eigenvalue weighted by molar-refractivity contribution is 6.32. The molecule has 0 atom stereocenters. The third-order valence-electron chi connectivity index (χ3n) is 2.27. The molecule has 0 aliphatic carbocycles. The summed E-state index contributed by atoms with van der Waals surface area (Å²) < 4.78 is 49.3. The monoisotopic (exact) mass is 313 g/mol. The molecule has 0 heterocycles. The van der Waals surface area contributed by atoms with E-state index in [1.54, 1.807) is 19.2 Å². The summed E-state index contributed by atoms with van der Waals surface area (Å²) >= 11 is 6.02. The zero-order valence-corrected chi connectivity index (χ0v) is 11.8. The first-order chi connectivity index (χ1) is 9.37. The normalized spacial score (nSPS) is 11.5. The fraction of sp³-hybridized carbons (Fsp3) is 0.500. The molecule has 0 fully saturated rings. The lowest BCUT2D eigenvalue weighted by Gasteiger charge is -2.14. The molecule has 1 rings (SSSR count). The molecular formula is C12H15ClF3NO3. The smallest absolute Gasteiger partial charge is 0.493 e. The van der Waals surface area contributed by atoms with Gasteiger partial charge in [-0.15, -0.1) is 13.2 Å². The quantitative estimate of drug-likeness (QED) is 0.786. The third-order valence-corrected chi connectivity index (χ3v) is 2.55. The fourth-order valence-corrected chi connectivity index (χ4v) is 1.81. The number of rotatable bonds is 7. The van der Waals surface area contributed by atoms with Crippen molar-refractivity contribution >= 4 is 11.6 Å². The first kappa shape index (κ1) is 16.9. The topological polar surface area (TPSA) is 39.7 Å². The highest BCUT2D eigenvalue weighted by Gasteiger charge is 2.28. The van der Waals surface area contributed by atoms with Crippen molar-refractivity contribution in [1.29, 1.82) is 0 Å². The Morgan fingerprint density at radius 1 is 1.25 bits per heavy atom. The van der Waals surface area contributed by atoms with Crippen molar-refractivity contribution in [2.75, 3.05) is 27.4 Å². The van der Waals surface area contributed by atoms with Gasteiger partial charge in [-0.05, 0) is 24.7 Å². The van der Waals surface area contributed by atoms with E-state index in [0.29, 0.717) is 12.3 Å². The van der Waals surface area contributed by atoms with E-state index in [1.807, 2.05) is 0 Å².